The zero-order chi connectivity index (χ0) is 18.0. The van der Waals surface area contributed by atoms with Crippen molar-refractivity contribution in [2.45, 2.75) is 18.3 Å². The fourth-order valence-electron chi connectivity index (χ4n) is 1.78. The fraction of sp³-hybridized carbons (Fsp3) is 0.250. The minimum Gasteiger partial charge on any atom is -0.423 e. The third-order valence-corrected chi connectivity index (χ3v) is 2.86. The molecular formula is C12H10BF6NO3. The third-order valence-electron chi connectivity index (χ3n) is 2.86. The van der Waals surface area contributed by atoms with Gasteiger partial charge >= 0.3 is 25.4 Å². The van der Waals surface area contributed by atoms with Gasteiger partial charge in [-0.05, 0) is 17.1 Å². The van der Waals surface area contributed by atoms with Crippen LogP contribution in [0, 0.1) is 0 Å². The Labute approximate surface area is 126 Å². The fourth-order valence-corrected chi connectivity index (χ4v) is 1.78. The van der Waals surface area contributed by atoms with Crippen molar-refractivity contribution in [2.75, 3.05) is 0 Å². The van der Waals surface area contributed by atoms with Crippen molar-refractivity contribution >= 4 is 24.6 Å². The third kappa shape index (κ3) is 3.67. The van der Waals surface area contributed by atoms with Gasteiger partial charge in [0.25, 0.3) is 0 Å². The molecule has 1 amide bonds. The van der Waals surface area contributed by atoms with Crippen LogP contribution in [0.3, 0.4) is 0 Å². The first kappa shape index (κ1) is 19.0. The van der Waals surface area contributed by atoms with Gasteiger partial charge in [0, 0.05) is 11.6 Å². The smallest absolute Gasteiger partial charge is 0.423 e. The van der Waals surface area contributed by atoms with E-state index in [9.17, 15) is 31.1 Å². The normalized spacial score (nSPS) is 12.9. The highest BCUT2D eigenvalue weighted by atomic mass is 19.3. The summed E-state index contributed by atoms with van der Waals surface area (Å²) in [5, 5.41) is 18.3. The van der Waals surface area contributed by atoms with E-state index in [1.54, 1.807) is 0 Å². The molecule has 0 atom stereocenters. The molecule has 11 heteroatoms. The van der Waals surface area contributed by atoms with Gasteiger partial charge in [-0.3, -0.25) is 4.79 Å². The quantitative estimate of drug-likeness (QED) is 0.408. The molecule has 0 radical (unpaired) electrons. The zero-order valence-electron chi connectivity index (χ0n) is 11.2. The highest BCUT2D eigenvalue weighted by Crippen LogP contribution is 2.46. The van der Waals surface area contributed by atoms with Crippen molar-refractivity contribution in [3.63, 3.8) is 0 Å². The molecule has 0 bridgehead atoms. The number of primary amides is 1. The Hall–Kier alpha value is -2.01. The summed E-state index contributed by atoms with van der Waals surface area (Å²) >= 11 is 0. The molecule has 1 aromatic rings. The number of alkyl halides is 6. The molecule has 0 spiro atoms. The van der Waals surface area contributed by atoms with E-state index in [0.29, 0.717) is 12.1 Å². The van der Waals surface area contributed by atoms with Gasteiger partial charge in [0.2, 0.25) is 5.91 Å². The lowest BCUT2D eigenvalue weighted by Crippen LogP contribution is -2.49. The van der Waals surface area contributed by atoms with Crippen LogP contribution in [0.1, 0.15) is 11.1 Å². The van der Waals surface area contributed by atoms with Gasteiger partial charge in [0.05, 0.1) is 0 Å². The van der Waals surface area contributed by atoms with Crippen LogP contribution in [-0.4, -0.2) is 35.4 Å². The van der Waals surface area contributed by atoms with Crippen molar-refractivity contribution in [1.29, 1.82) is 0 Å². The largest absolute Gasteiger partial charge is 0.489 e. The summed E-state index contributed by atoms with van der Waals surface area (Å²) < 4.78 is 78.4. The van der Waals surface area contributed by atoms with E-state index in [-0.39, 0.29) is 0 Å². The lowest BCUT2D eigenvalue weighted by Gasteiger charge is -2.28. The predicted molar refractivity (Wildman–Crippen MR) is 69.3 cm³/mol. The first-order valence-corrected chi connectivity index (χ1v) is 5.93. The van der Waals surface area contributed by atoms with Gasteiger partial charge in [0.15, 0.2) is 0 Å². The van der Waals surface area contributed by atoms with E-state index < -0.39 is 47.9 Å². The van der Waals surface area contributed by atoms with E-state index >= 15 is 0 Å². The Bertz CT molecular complexity index is 621. The van der Waals surface area contributed by atoms with Crippen LogP contribution in [0.2, 0.25) is 0 Å². The molecular weight excluding hydrogens is 331 g/mol. The van der Waals surface area contributed by atoms with E-state index in [4.69, 9.17) is 15.8 Å². The molecule has 0 unspecified atom stereocenters. The molecule has 23 heavy (non-hydrogen) atoms. The number of hydrogen-bond acceptors (Lipinski definition) is 3. The van der Waals surface area contributed by atoms with E-state index in [1.165, 1.54) is 0 Å². The van der Waals surface area contributed by atoms with Gasteiger partial charge in [0.1, 0.15) is 0 Å². The Balaban J connectivity index is 3.59. The van der Waals surface area contributed by atoms with Crippen LogP contribution >= 0.6 is 0 Å². The second-order valence-corrected chi connectivity index (χ2v) is 4.42. The van der Waals surface area contributed by atoms with Crippen molar-refractivity contribution in [3.05, 3.63) is 35.4 Å². The van der Waals surface area contributed by atoms with Crippen LogP contribution in [0.5, 0.6) is 0 Å². The number of carbonyl (C=O) groups excluding carboxylic acids is 1. The van der Waals surface area contributed by atoms with Gasteiger partial charge in [-0.15, -0.1) is 0 Å². The van der Waals surface area contributed by atoms with Gasteiger partial charge in [-0.1, -0.05) is 18.2 Å². The van der Waals surface area contributed by atoms with E-state index in [2.05, 4.69) is 0 Å². The summed E-state index contributed by atoms with van der Waals surface area (Å²) in [5.41, 5.74) is 1.46. The number of hydrogen-bond donors (Lipinski definition) is 3. The molecule has 0 saturated heterocycles. The lowest BCUT2D eigenvalue weighted by molar-refractivity contribution is -0.270. The minimum atomic E-state index is -5.75. The summed E-state index contributed by atoms with van der Waals surface area (Å²) in [4.78, 5) is 10.6. The molecule has 1 rings (SSSR count). The Morgan fingerprint density at radius 3 is 2.22 bits per heavy atom. The average molecular weight is 341 g/mol. The van der Waals surface area contributed by atoms with Crippen molar-refractivity contribution in [2.24, 2.45) is 5.73 Å². The summed E-state index contributed by atoms with van der Waals surface area (Å²) in [6.07, 6.45) is -3.28. The second-order valence-electron chi connectivity index (χ2n) is 4.42. The average Bonchev–Trinajstić information content (AvgIpc) is 2.43. The van der Waals surface area contributed by atoms with Crippen LogP contribution in [0.15, 0.2) is 24.3 Å². The maximum absolute atomic E-state index is 13.8. The monoisotopic (exact) mass is 341 g/mol. The van der Waals surface area contributed by atoms with Crippen LogP contribution in [-0.2, 0) is 10.7 Å². The predicted octanol–water partition coefficient (Wildman–Crippen LogP) is 0.857. The zero-order valence-corrected chi connectivity index (χ0v) is 11.2. The molecule has 0 aliphatic rings. The molecule has 0 aliphatic heterocycles. The van der Waals surface area contributed by atoms with Gasteiger partial charge in [-0.25, -0.2) is 8.78 Å². The second kappa shape index (κ2) is 6.63. The number of benzene rings is 1. The highest BCUT2D eigenvalue weighted by Gasteiger charge is 2.64. The summed E-state index contributed by atoms with van der Waals surface area (Å²) in [6.45, 7) is 0. The van der Waals surface area contributed by atoms with Crippen molar-refractivity contribution in [1.82, 2.24) is 0 Å². The molecule has 4 nitrogen and oxygen atoms in total. The Morgan fingerprint density at radius 2 is 1.78 bits per heavy atom. The molecule has 4 N–H and O–H groups in total. The molecule has 0 fully saturated rings. The van der Waals surface area contributed by atoms with Gasteiger partial charge in [-0.2, -0.15) is 17.6 Å². The SMILES string of the molecule is NC(=O)C=Cc1cccc(C(F)(F)C(F)(F)C(F)F)c1B(O)O. The maximum Gasteiger partial charge on any atom is 0.489 e. The number of rotatable bonds is 6. The standard InChI is InChI=1S/C12H10BF6NO3/c14-10(15)12(18,19)11(16,17)7-3-1-2-6(4-5-8(20)21)9(7)13(22)23/h1-5,10,22-23H,(H2,20,21). The summed E-state index contributed by atoms with van der Waals surface area (Å²) in [5.74, 6) is -12.2. The van der Waals surface area contributed by atoms with E-state index in [0.717, 1.165) is 18.2 Å². The van der Waals surface area contributed by atoms with Crippen molar-refractivity contribution in [3.8, 4) is 0 Å². The van der Waals surface area contributed by atoms with Gasteiger partial charge < -0.3 is 15.8 Å². The van der Waals surface area contributed by atoms with E-state index in [1.807, 2.05) is 0 Å². The summed E-state index contributed by atoms with van der Waals surface area (Å²) in [6, 6.07) is 2.14. The number of carbonyl (C=O) groups is 1. The topological polar surface area (TPSA) is 83.6 Å². The first-order valence-electron chi connectivity index (χ1n) is 5.93. The first-order chi connectivity index (χ1) is 10.4. The molecule has 0 saturated carbocycles. The number of halogens is 6. The number of nitrogens with two attached hydrogens (primary N) is 1. The Morgan fingerprint density at radius 1 is 1.22 bits per heavy atom. The highest BCUT2D eigenvalue weighted by molar-refractivity contribution is 6.60. The Kier molecular flexibility index (Phi) is 5.49. The van der Waals surface area contributed by atoms with Crippen LogP contribution < -0.4 is 11.2 Å². The van der Waals surface area contributed by atoms with Crippen LogP contribution in [0.4, 0.5) is 26.3 Å². The summed E-state index contributed by atoms with van der Waals surface area (Å²) in [7, 11) is -2.68. The molecule has 0 aliphatic carbocycles. The van der Waals surface area contributed by atoms with Crippen LogP contribution in [0.25, 0.3) is 6.08 Å². The lowest BCUT2D eigenvalue weighted by atomic mass is 9.71. The minimum absolute atomic E-state index is 0.354. The molecule has 126 valence electrons. The maximum atomic E-state index is 13.8. The molecule has 0 heterocycles. The molecule has 1 aromatic carbocycles. The van der Waals surface area contributed by atoms with Crippen molar-refractivity contribution < 1.29 is 41.2 Å². The number of amides is 1. The molecule has 0 aromatic heterocycles.